The summed E-state index contributed by atoms with van der Waals surface area (Å²) in [6.07, 6.45) is 3.76. The van der Waals surface area contributed by atoms with Crippen LogP contribution in [0.1, 0.15) is 35.4 Å². The van der Waals surface area contributed by atoms with Crippen molar-refractivity contribution in [1.29, 1.82) is 0 Å². The Morgan fingerprint density at radius 3 is 2.77 bits per heavy atom. The monoisotopic (exact) mass is 371 g/mol. The number of fused-ring (bicyclic) bond motifs is 1. The summed E-state index contributed by atoms with van der Waals surface area (Å²) in [5, 5.41) is 0.953. The highest BCUT2D eigenvalue weighted by atomic mass is 35.5. The Bertz CT molecular complexity index is 1000. The van der Waals surface area contributed by atoms with Gasteiger partial charge in [-0.3, -0.25) is 14.6 Å². The molecule has 2 aromatic heterocycles. The maximum Gasteiger partial charge on any atom is 0.274 e. The van der Waals surface area contributed by atoms with Crippen molar-refractivity contribution in [2.75, 3.05) is 6.54 Å². The highest BCUT2D eigenvalue weighted by molar-refractivity contribution is 6.31. The Hall–Kier alpha value is -2.80. The largest absolute Gasteiger partial charge is 0.330 e. The molecule has 3 aromatic rings. The van der Waals surface area contributed by atoms with Crippen molar-refractivity contribution in [3.8, 4) is 0 Å². The molecule has 0 aliphatic carbocycles. The number of benzene rings is 1. The fraction of sp³-hybridized carbons (Fsp3) is 0.278. The topological polar surface area (TPSA) is 91.8 Å². The van der Waals surface area contributed by atoms with Gasteiger partial charge >= 0.3 is 0 Å². The van der Waals surface area contributed by atoms with E-state index in [1.165, 1.54) is 6.20 Å². The summed E-state index contributed by atoms with van der Waals surface area (Å²) in [4.78, 5) is 42.0. The summed E-state index contributed by atoms with van der Waals surface area (Å²) in [7, 11) is 0. The van der Waals surface area contributed by atoms with Gasteiger partial charge in [-0.15, -0.1) is 0 Å². The first-order valence-electron chi connectivity index (χ1n) is 8.24. The van der Waals surface area contributed by atoms with Crippen LogP contribution in [-0.2, 0) is 6.54 Å². The van der Waals surface area contributed by atoms with Crippen LogP contribution in [0.2, 0.25) is 5.02 Å². The fourth-order valence-corrected chi connectivity index (χ4v) is 2.77. The second-order valence-corrected chi connectivity index (χ2v) is 6.38. The second-order valence-electron chi connectivity index (χ2n) is 5.94. The van der Waals surface area contributed by atoms with E-state index in [1.54, 1.807) is 36.2 Å². The second kappa shape index (κ2) is 7.61. The molecule has 0 bridgehead atoms. The van der Waals surface area contributed by atoms with E-state index >= 15 is 0 Å². The van der Waals surface area contributed by atoms with Crippen LogP contribution in [0.4, 0.5) is 0 Å². The Morgan fingerprint density at radius 2 is 2.08 bits per heavy atom. The first-order valence-corrected chi connectivity index (χ1v) is 8.62. The molecule has 0 unspecified atom stereocenters. The summed E-state index contributed by atoms with van der Waals surface area (Å²) in [6.45, 7) is 4.45. The Kier molecular flexibility index (Phi) is 5.27. The predicted molar refractivity (Wildman–Crippen MR) is 99.2 cm³/mol. The zero-order chi connectivity index (χ0) is 18.7. The number of rotatable bonds is 5. The summed E-state index contributed by atoms with van der Waals surface area (Å²) in [6, 6.07) is 4.90. The van der Waals surface area contributed by atoms with Crippen LogP contribution >= 0.6 is 11.6 Å². The van der Waals surface area contributed by atoms with Gasteiger partial charge in [-0.05, 0) is 31.5 Å². The molecule has 1 aromatic carbocycles. The Balaban J connectivity index is 1.92. The summed E-state index contributed by atoms with van der Waals surface area (Å²) >= 11 is 5.99. The van der Waals surface area contributed by atoms with Crippen LogP contribution in [0.15, 0.2) is 35.4 Å². The van der Waals surface area contributed by atoms with E-state index < -0.39 is 0 Å². The molecular weight excluding hydrogens is 354 g/mol. The number of hydrogen-bond donors (Lipinski definition) is 1. The van der Waals surface area contributed by atoms with Crippen molar-refractivity contribution in [1.82, 2.24) is 24.8 Å². The van der Waals surface area contributed by atoms with Crippen LogP contribution in [0, 0.1) is 6.92 Å². The molecule has 0 saturated heterocycles. The number of aromatic amines is 1. The van der Waals surface area contributed by atoms with Gasteiger partial charge in [-0.1, -0.05) is 18.5 Å². The number of hydrogen-bond acceptors (Lipinski definition) is 5. The molecule has 1 amide bonds. The van der Waals surface area contributed by atoms with E-state index in [2.05, 4.69) is 19.9 Å². The minimum Gasteiger partial charge on any atom is -0.330 e. The lowest BCUT2D eigenvalue weighted by Gasteiger charge is -2.21. The predicted octanol–water partition coefficient (Wildman–Crippen LogP) is 2.73. The molecule has 0 fully saturated rings. The van der Waals surface area contributed by atoms with E-state index in [0.29, 0.717) is 28.3 Å². The molecule has 134 valence electrons. The number of nitrogens with one attached hydrogen (secondary N) is 1. The average molecular weight is 372 g/mol. The van der Waals surface area contributed by atoms with Crippen molar-refractivity contribution >= 4 is 28.4 Å². The van der Waals surface area contributed by atoms with Gasteiger partial charge in [0.2, 0.25) is 0 Å². The zero-order valence-electron chi connectivity index (χ0n) is 14.5. The van der Waals surface area contributed by atoms with Crippen LogP contribution in [0.25, 0.3) is 10.9 Å². The number of aromatic nitrogens is 4. The Morgan fingerprint density at radius 1 is 1.27 bits per heavy atom. The van der Waals surface area contributed by atoms with Gasteiger partial charge in [-0.25, -0.2) is 9.97 Å². The maximum absolute atomic E-state index is 12.7. The minimum atomic E-state index is -0.263. The smallest absolute Gasteiger partial charge is 0.274 e. The van der Waals surface area contributed by atoms with Gasteiger partial charge in [0.25, 0.3) is 11.5 Å². The number of carbonyl (C=O) groups excluding carboxylic acids is 1. The number of halogens is 1. The van der Waals surface area contributed by atoms with Gasteiger partial charge in [0, 0.05) is 17.8 Å². The lowest BCUT2D eigenvalue weighted by molar-refractivity contribution is 0.0732. The molecule has 0 radical (unpaired) electrons. The van der Waals surface area contributed by atoms with Gasteiger partial charge < -0.3 is 9.88 Å². The van der Waals surface area contributed by atoms with Crippen molar-refractivity contribution in [2.45, 2.75) is 26.8 Å². The number of nitrogens with zero attached hydrogens (tertiary/aromatic N) is 4. The van der Waals surface area contributed by atoms with E-state index in [0.717, 1.165) is 12.1 Å². The molecule has 8 heteroatoms. The maximum atomic E-state index is 12.7. The standard InChI is InChI=1S/C18H18ClN5O2/c1-3-6-24(18(26)15-9-20-11(2)8-21-15)10-16-22-14-7-12(19)4-5-13(14)17(25)23-16/h4-5,7-9H,3,6,10H2,1-2H3,(H,22,23,25). The lowest BCUT2D eigenvalue weighted by Crippen LogP contribution is -2.33. The van der Waals surface area contributed by atoms with Crippen molar-refractivity contribution in [2.24, 2.45) is 0 Å². The van der Waals surface area contributed by atoms with Crippen LogP contribution in [-0.4, -0.2) is 37.3 Å². The summed E-state index contributed by atoms with van der Waals surface area (Å²) < 4.78 is 0. The lowest BCUT2D eigenvalue weighted by atomic mass is 10.2. The quantitative estimate of drug-likeness (QED) is 0.744. The minimum absolute atomic E-state index is 0.167. The zero-order valence-corrected chi connectivity index (χ0v) is 15.2. The number of aryl methyl sites for hydroxylation is 1. The van der Waals surface area contributed by atoms with E-state index in [4.69, 9.17) is 11.6 Å². The first-order chi connectivity index (χ1) is 12.5. The molecule has 7 nitrogen and oxygen atoms in total. The normalized spacial score (nSPS) is 10.9. The number of amides is 1. The number of carbonyl (C=O) groups is 1. The molecular formula is C18H18ClN5O2. The molecule has 1 N–H and O–H groups in total. The van der Waals surface area contributed by atoms with Crippen LogP contribution < -0.4 is 5.56 Å². The number of H-pyrrole nitrogens is 1. The summed E-state index contributed by atoms with van der Waals surface area (Å²) in [5.41, 5.74) is 1.23. The van der Waals surface area contributed by atoms with Crippen molar-refractivity contribution in [3.05, 3.63) is 63.2 Å². The molecule has 0 aliphatic rings. The first kappa shape index (κ1) is 18.0. The molecule has 0 aliphatic heterocycles. The third-order valence-electron chi connectivity index (χ3n) is 3.84. The van der Waals surface area contributed by atoms with Gasteiger partial charge in [0.05, 0.1) is 29.3 Å². The van der Waals surface area contributed by atoms with Gasteiger partial charge in [0.15, 0.2) is 0 Å². The molecule has 0 spiro atoms. The van der Waals surface area contributed by atoms with E-state index in [9.17, 15) is 9.59 Å². The van der Waals surface area contributed by atoms with E-state index in [1.807, 2.05) is 6.92 Å². The fourth-order valence-electron chi connectivity index (χ4n) is 2.60. The molecule has 26 heavy (non-hydrogen) atoms. The Labute approximate surface area is 155 Å². The van der Waals surface area contributed by atoms with Gasteiger partial charge in [-0.2, -0.15) is 0 Å². The SMILES string of the molecule is CCCN(Cc1nc2cc(Cl)ccc2c(=O)[nH]1)C(=O)c1cnc(C)cn1. The van der Waals surface area contributed by atoms with Crippen LogP contribution in [0.5, 0.6) is 0 Å². The highest BCUT2D eigenvalue weighted by Gasteiger charge is 2.18. The molecule has 0 atom stereocenters. The average Bonchev–Trinajstić information content (AvgIpc) is 2.61. The van der Waals surface area contributed by atoms with Crippen molar-refractivity contribution < 1.29 is 4.79 Å². The third kappa shape index (κ3) is 3.88. The molecule has 0 saturated carbocycles. The van der Waals surface area contributed by atoms with E-state index in [-0.39, 0.29) is 23.7 Å². The van der Waals surface area contributed by atoms with Gasteiger partial charge in [0.1, 0.15) is 11.5 Å². The molecule has 2 heterocycles. The third-order valence-corrected chi connectivity index (χ3v) is 4.07. The molecule has 3 rings (SSSR count). The summed E-state index contributed by atoms with van der Waals surface area (Å²) in [5.74, 6) is 0.139. The van der Waals surface area contributed by atoms with Crippen LogP contribution in [0.3, 0.4) is 0 Å². The van der Waals surface area contributed by atoms with Crippen molar-refractivity contribution in [3.63, 3.8) is 0 Å². The highest BCUT2D eigenvalue weighted by Crippen LogP contribution is 2.15.